The van der Waals surface area contributed by atoms with Gasteiger partial charge < -0.3 is 4.98 Å². The summed E-state index contributed by atoms with van der Waals surface area (Å²) in [4.78, 5) is 10.5. The molecule has 2 heterocycles. The van der Waals surface area contributed by atoms with E-state index in [-0.39, 0.29) is 22.6 Å². The molecule has 0 bridgehead atoms. The number of pyridine rings is 1. The summed E-state index contributed by atoms with van der Waals surface area (Å²) in [7, 11) is 0. The zero-order valence-electron chi connectivity index (χ0n) is 12.4. The van der Waals surface area contributed by atoms with Crippen LogP contribution >= 0.6 is 11.8 Å². The van der Waals surface area contributed by atoms with E-state index in [1.165, 1.54) is 36.7 Å². The molecule has 0 saturated carbocycles. The number of aromatic amines is 1. The molecule has 0 unspecified atom stereocenters. The number of alkyl halides is 4. The molecule has 0 aliphatic rings. The van der Waals surface area contributed by atoms with Crippen LogP contribution in [0, 0.1) is 5.82 Å². The molecule has 1 N–H and O–H groups in total. The van der Waals surface area contributed by atoms with Crippen LogP contribution in [0.15, 0.2) is 53.9 Å². The van der Waals surface area contributed by atoms with Crippen molar-refractivity contribution in [2.24, 2.45) is 0 Å². The summed E-state index contributed by atoms with van der Waals surface area (Å²) in [6.45, 7) is 0. The SMILES string of the molecule is Fc1ccc(-c2nc(SC(F)(F)C(F)F)[nH]c2-c2ccncc2)cc1. The first-order valence-corrected chi connectivity index (χ1v) is 7.80. The van der Waals surface area contributed by atoms with E-state index in [1.807, 2.05) is 0 Å². The first-order valence-electron chi connectivity index (χ1n) is 6.98. The summed E-state index contributed by atoms with van der Waals surface area (Å²) in [6, 6.07) is 8.47. The second kappa shape index (κ2) is 6.83. The Kier molecular flexibility index (Phi) is 4.76. The molecule has 0 atom stereocenters. The van der Waals surface area contributed by atoms with Crippen molar-refractivity contribution in [1.29, 1.82) is 0 Å². The van der Waals surface area contributed by atoms with Gasteiger partial charge in [-0.1, -0.05) is 0 Å². The zero-order chi connectivity index (χ0) is 18.0. The van der Waals surface area contributed by atoms with Crippen LogP contribution in [0.5, 0.6) is 0 Å². The average Bonchev–Trinajstić information content (AvgIpc) is 2.99. The number of hydrogen-bond acceptors (Lipinski definition) is 3. The smallest absolute Gasteiger partial charge is 0.332 e. The molecule has 2 aromatic heterocycles. The number of nitrogens with zero attached hydrogens (tertiary/aromatic N) is 2. The van der Waals surface area contributed by atoms with E-state index in [1.54, 1.807) is 12.1 Å². The molecule has 0 aliphatic heterocycles. The number of hydrogen-bond donors (Lipinski definition) is 1. The first kappa shape index (κ1) is 17.4. The lowest BCUT2D eigenvalue weighted by atomic mass is 10.1. The summed E-state index contributed by atoms with van der Waals surface area (Å²) in [6.07, 6.45) is -0.850. The van der Waals surface area contributed by atoms with Gasteiger partial charge in [0.2, 0.25) is 0 Å². The Hall–Kier alpha value is -2.42. The normalized spacial score (nSPS) is 11.9. The molecular weight excluding hydrogens is 361 g/mol. The number of thioether (sulfide) groups is 1. The maximum Gasteiger partial charge on any atom is 0.360 e. The second-order valence-corrected chi connectivity index (χ2v) is 6.11. The van der Waals surface area contributed by atoms with Gasteiger partial charge in [-0.15, -0.1) is 0 Å². The highest BCUT2D eigenvalue weighted by molar-refractivity contribution is 8.00. The predicted octanol–water partition coefficient (Wildman–Crippen LogP) is 5.23. The highest BCUT2D eigenvalue weighted by Gasteiger charge is 2.43. The average molecular weight is 371 g/mol. The minimum atomic E-state index is -4.28. The lowest BCUT2D eigenvalue weighted by Gasteiger charge is -2.11. The number of halogens is 5. The monoisotopic (exact) mass is 371 g/mol. The highest BCUT2D eigenvalue weighted by atomic mass is 32.2. The minimum absolute atomic E-state index is 0.249. The van der Waals surface area contributed by atoms with Crippen molar-refractivity contribution < 1.29 is 22.0 Å². The fourth-order valence-electron chi connectivity index (χ4n) is 2.12. The molecule has 0 amide bonds. The maximum atomic E-state index is 13.3. The second-order valence-electron chi connectivity index (χ2n) is 4.97. The molecular formula is C16H10F5N3S. The van der Waals surface area contributed by atoms with Crippen molar-refractivity contribution in [2.75, 3.05) is 0 Å². The van der Waals surface area contributed by atoms with E-state index < -0.39 is 17.5 Å². The van der Waals surface area contributed by atoms with Gasteiger partial charge in [-0.3, -0.25) is 4.98 Å². The van der Waals surface area contributed by atoms with Crippen molar-refractivity contribution in [3.63, 3.8) is 0 Å². The van der Waals surface area contributed by atoms with Gasteiger partial charge in [0.15, 0.2) is 5.16 Å². The van der Waals surface area contributed by atoms with Gasteiger partial charge >= 0.3 is 11.7 Å². The van der Waals surface area contributed by atoms with Crippen molar-refractivity contribution in [3.8, 4) is 22.5 Å². The summed E-state index contributed by atoms with van der Waals surface area (Å²) >= 11 is -0.358. The first-order chi connectivity index (χ1) is 11.9. The number of aromatic nitrogens is 3. The Morgan fingerprint density at radius 3 is 2.20 bits per heavy atom. The van der Waals surface area contributed by atoms with Gasteiger partial charge in [-0.25, -0.2) is 18.2 Å². The molecule has 3 nitrogen and oxygen atoms in total. The lowest BCUT2D eigenvalue weighted by molar-refractivity contribution is -0.0565. The van der Waals surface area contributed by atoms with Crippen LogP contribution < -0.4 is 0 Å². The van der Waals surface area contributed by atoms with E-state index in [9.17, 15) is 22.0 Å². The Morgan fingerprint density at radius 1 is 0.960 bits per heavy atom. The van der Waals surface area contributed by atoms with Crippen molar-refractivity contribution >= 4 is 11.8 Å². The summed E-state index contributed by atoms with van der Waals surface area (Å²) in [5, 5.41) is -4.65. The molecule has 0 spiro atoms. The summed E-state index contributed by atoms with van der Waals surface area (Å²) in [5.74, 6) is -0.469. The Morgan fingerprint density at radius 2 is 1.60 bits per heavy atom. The Labute approximate surface area is 143 Å². The predicted molar refractivity (Wildman–Crippen MR) is 84.0 cm³/mol. The molecule has 0 saturated heterocycles. The topological polar surface area (TPSA) is 41.6 Å². The number of benzene rings is 1. The van der Waals surface area contributed by atoms with Gasteiger partial charge in [0.25, 0.3) is 0 Å². The van der Waals surface area contributed by atoms with Crippen molar-refractivity contribution in [2.45, 2.75) is 16.8 Å². The van der Waals surface area contributed by atoms with Gasteiger partial charge in [-0.2, -0.15) is 8.78 Å². The molecule has 130 valence electrons. The van der Waals surface area contributed by atoms with Crippen LogP contribution in [0.4, 0.5) is 22.0 Å². The molecule has 3 aromatic rings. The molecule has 1 aromatic carbocycles. The third kappa shape index (κ3) is 3.81. The fourth-order valence-corrected chi connectivity index (χ4v) is 2.75. The van der Waals surface area contributed by atoms with Gasteiger partial charge in [-0.05, 0) is 48.2 Å². The van der Waals surface area contributed by atoms with Crippen molar-refractivity contribution in [1.82, 2.24) is 15.0 Å². The molecule has 0 aliphatic carbocycles. The van der Waals surface area contributed by atoms with Crippen LogP contribution in [0.2, 0.25) is 0 Å². The van der Waals surface area contributed by atoms with E-state index in [4.69, 9.17) is 0 Å². The van der Waals surface area contributed by atoms with Crippen LogP contribution in [0.25, 0.3) is 22.5 Å². The van der Waals surface area contributed by atoms with Gasteiger partial charge in [0.1, 0.15) is 5.82 Å². The number of rotatable bonds is 5. The lowest BCUT2D eigenvalue weighted by Crippen LogP contribution is -2.21. The number of H-pyrrole nitrogens is 1. The molecule has 9 heteroatoms. The highest BCUT2D eigenvalue weighted by Crippen LogP contribution is 2.41. The summed E-state index contributed by atoms with van der Waals surface area (Å²) < 4.78 is 64.6. The largest absolute Gasteiger partial charge is 0.360 e. The Bertz CT molecular complexity index is 850. The zero-order valence-corrected chi connectivity index (χ0v) is 13.2. The van der Waals surface area contributed by atoms with E-state index in [0.29, 0.717) is 16.8 Å². The van der Waals surface area contributed by atoms with Crippen molar-refractivity contribution in [3.05, 3.63) is 54.6 Å². The third-order valence-electron chi connectivity index (χ3n) is 3.26. The van der Waals surface area contributed by atoms with Gasteiger partial charge in [0.05, 0.1) is 11.4 Å². The van der Waals surface area contributed by atoms with E-state index >= 15 is 0 Å². The standard InChI is InChI=1S/C16H10F5N3S/c17-11-3-1-9(2-4-11)12-13(10-5-7-22-8-6-10)24-15(23-12)25-16(20,21)14(18)19/h1-8,14H,(H,23,24). The van der Waals surface area contributed by atoms with Crippen LogP contribution in [0.3, 0.4) is 0 Å². The van der Waals surface area contributed by atoms with Crippen LogP contribution in [-0.4, -0.2) is 26.6 Å². The molecule has 0 fully saturated rings. The van der Waals surface area contributed by atoms with Gasteiger partial charge in [0, 0.05) is 23.5 Å². The van der Waals surface area contributed by atoms with E-state index in [2.05, 4.69) is 15.0 Å². The van der Waals surface area contributed by atoms with Crippen LogP contribution in [0.1, 0.15) is 0 Å². The molecule has 25 heavy (non-hydrogen) atoms. The summed E-state index contributed by atoms with van der Waals surface area (Å²) in [5.41, 5.74) is 1.63. The number of nitrogens with one attached hydrogen (secondary N) is 1. The fraction of sp³-hybridized carbons (Fsp3) is 0.125. The quantitative estimate of drug-likeness (QED) is 0.493. The third-order valence-corrected chi connectivity index (χ3v) is 4.09. The molecule has 0 radical (unpaired) electrons. The van der Waals surface area contributed by atoms with E-state index in [0.717, 1.165) is 0 Å². The van der Waals surface area contributed by atoms with Crippen LogP contribution in [-0.2, 0) is 0 Å². The Balaban J connectivity index is 2.07. The minimum Gasteiger partial charge on any atom is -0.332 e. The number of imidazole rings is 1. The molecule has 3 rings (SSSR count). The maximum absolute atomic E-state index is 13.3.